The van der Waals surface area contributed by atoms with E-state index in [-0.39, 0.29) is 0 Å². The molecule has 0 aliphatic rings. The van der Waals surface area contributed by atoms with Crippen LogP contribution in [0.2, 0.25) is 0 Å². The highest BCUT2D eigenvalue weighted by molar-refractivity contribution is 5.89. The molecule has 0 aromatic heterocycles. The summed E-state index contributed by atoms with van der Waals surface area (Å²) in [7, 11) is 0. The fourth-order valence-electron chi connectivity index (χ4n) is 2.42. The molecule has 3 heteroatoms. The van der Waals surface area contributed by atoms with E-state index in [0.29, 0.717) is 5.56 Å². The zero-order chi connectivity index (χ0) is 14.8. The minimum atomic E-state index is -0.838. The number of carboxylic acid groups (broad SMARTS) is 1. The number of unbranched alkanes of at least 4 members (excludes halogenated alkanes) is 1. The predicted octanol–water partition coefficient (Wildman–Crippen LogP) is 3.73. The average Bonchev–Trinajstić information content (AvgIpc) is 2.46. The van der Waals surface area contributed by atoms with Gasteiger partial charge in [0.05, 0.1) is 5.56 Å². The minimum Gasteiger partial charge on any atom is -0.478 e. The topological polar surface area (TPSA) is 49.3 Å². The van der Waals surface area contributed by atoms with Gasteiger partial charge in [-0.15, -0.1) is 0 Å². The fraction of sp³-hybridized carbons (Fsp3) is 0.588. The SMILES string of the molecule is CCCCC(CC)CNCCc1ccccc1C(=O)O. The van der Waals surface area contributed by atoms with E-state index < -0.39 is 5.97 Å². The number of carbonyl (C=O) groups is 1. The van der Waals surface area contributed by atoms with E-state index in [1.807, 2.05) is 12.1 Å². The lowest BCUT2D eigenvalue weighted by Gasteiger charge is -2.15. The molecule has 1 unspecified atom stereocenters. The molecule has 3 nitrogen and oxygen atoms in total. The highest BCUT2D eigenvalue weighted by atomic mass is 16.4. The van der Waals surface area contributed by atoms with E-state index in [2.05, 4.69) is 19.2 Å². The van der Waals surface area contributed by atoms with Crippen LogP contribution in [0.3, 0.4) is 0 Å². The lowest BCUT2D eigenvalue weighted by Crippen LogP contribution is -2.25. The van der Waals surface area contributed by atoms with Crippen LogP contribution in [-0.2, 0) is 6.42 Å². The van der Waals surface area contributed by atoms with E-state index in [1.165, 1.54) is 25.7 Å². The Bertz CT molecular complexity index is 404. The zero-order valence-electron chi connectivity index (χ0n) is 12.7. The third-order valence-electron chi connectivity index (χ3n) is 3.80. The molecule has 0 aliphatic heterocycles. The maximum absolute atomic E-state index is 11.1. The summed E-state index contributed by atoms with van der Waals surface area (Å²) in [6.07, 6.45) is 5.81. The van der Waals surface area contributed by atoms with Gasteiger partial charge in [-0.2, -0.15) is 0 Å². The predicted molar refractivity (Wildman–Crippen MR) is 83.3 cm³/mol. The molecule has 0 aliphatic carbocycles. The summed E-state index contributed by atoms with van der Waals surface area (Å²) in [5.74, 6) is -0.0975. The van der Waals surface area contributed by atoms with E-state index in [0.717, 1.165) is 31.0 Å². The quantitative estimate of drug-likeness (QED) is 0.641. The normalized spacial score (nSPS) is 12.3. The smallest absolute Gasteiger partial charge is 0.335 e. The number of aromatic carboxylic acids is 1. The number of rotatable bonds is 10. The van der Waals surface area contributed by atoms with Crippen molar-refractivity contribution in [2.75, 3.05) is 13.1 Å². The van der Waals surface area contributed by atoms with Crippen LogP contribution in [0.1, 0.15) is 55.5 Å². The molecule has 0 saturated carbocycles. The Hall–Kier alpha value is -1.35. The minimum absolute atomic E-state index is 0.423. The second-order valence-corrected chi connectivity index (χ2v) is 5.33. The van der Waals surface area contributed by atoms with Crippen LogP contribution in [-0.4, -0.2) is 24.2 Å². The van der Waals surface area contributed by atoms with Crippen LogP contribution in [0.15, 0.2) is 24.3 Å². The van der Waals surface area contributed by atoms with Crippen molar-refractivity contribution in [1.82, 2.24) is 5.32 Å². The molecule has 0 radical (unpaired) electrons. The third-order valence-corrected chi connectivity index (χ3v) is 3.80. The van der Waals surface area contributed by atoms with Crippen molar-refractivity contribution in [3.8, 4) is 0 Å². The van der Waals surface area contributed by atoms with Gasteiger partial charge in [0, 0.05) is 0 Å². The van der Waals surface area contributed by atoms with Crippen molar-refractivity contribution in [1.29, 1.82) is 0 Å². The first kappa shape index (κ1) is 16.7. The van der Waals surface area contributed by atoms with Crippen LogP contribution in [0, 0.1) is 5.92 Å². The van der Waals surface area contributed by atoms with Crippen molar-refractivity contribution in [3.05, 3.63) is 35.4 Å². The maximum atomic E-state index is 11.1. The average molecular weight is 277 g/mol. The highest BCUT2D eigenvalue weighted by Gasteiger charge is 2.09. The lowest BCUT2D eigenvalue weighted by atomic mass is 9.99. The number of benzene rings is 1. The molecule has 20 heavy (non-hydrogen) atoms. The second kappa shape index (κ2) is 9.54. The van der Waals surface area contributed by atoms with Crippen molar-refractivity contribution >= 4 is 5.97 Å². The fourth-order valence-corrected chi connectivity index (χ4v) is 2.42. The molecule has 1 aromatic rings. The maximum Gasteiger partial charge on any atom is 0.335 e. The van der Waals surface area contributed by atoms with Crippen LogP contribution < -0.4 is 5.32 Å². The van der Waals surface area contributed by atoms with E-state index >= 15 is 0 Å². The van der Waals surface area contributed by atoms with E-state index in [9.17, 15) is 4.79 Å². The van der Waals surface area contributed by atoms with Gasteiger partial charge in [0.25, 0.3) is 0 Å². The number of carboxylic acids is 1. The molecule has 0 fully saturated rings. The number of hydrogen-bond donors (Lipinski definition) is 2. The standard InChI is InChI=1S/C17H27NO2/c1-3-5-8-14(4-2)13-18-12-11-15-9-6-7-10-16(15)17(19)20/h6-7,9-10,14,18H,3-5,8,11-13H2,1-2H3,(H,19,20). The monoisotopic (exact) mass is 277 g/mol. The van der Waals surface area contributed by atoms with Crippen LogP contribution in [0.25, 0.3) is 0 Å². The lowest BCUT2D eigenvalue weighted by molar-refractivity contribution is 0.0695. The van der Waals surface area contributed by atoms with Crippen molar-refractivity contribution < 1.29 is 9.90 Å². The largest absolute Gasteiger partial charge is 0.478 e. The van der Waals surface area contributed by atoms with Gasteiger partial charge in [-0.1, -0.05) is 51.3 Å². The molecule has 1 atom stereocenters. The summed E-state index contributed by atoms with van der Waals surface area (Å²) in [5, 5.41) is 12.6. The molecule has 0 spiro atoms. The van der Waals surface area contributed by atoms with Gasteiger partial charge in [0.2, 0.25) is 0 Å². The molecule has 1 rings (SSSR count). The van der Waals surface area contributed by atoms with Gasteiger partial charge >= 0.3 is 5.97 Å². The summed E-state index contributed by atoms with van der Waals surface area (Å²) in [6.45, 7) is 6.34. The van der Waals surface area contributed by atoms with Gasteiger partial charge in [0.1, 0.15) is 0 Å². The Morgan fingerprint density at radius 3 is 2.70 bits per heavy atom. The van der Waals surface area contributed by atoms with E-state index in [4.69, 9.17) is 5.11 Å². The first-order valence-corrected chi connectivity index (χ1v) is 7.70. The highest BCUT2D eigenvalue weighted by Crippen LogP contribution is 2.12. The molecule has 112 valence electrons. The summed E-state index contributed by atoms with van der Waals surface area (Å²) >= 11 is 0. The van der Waals surface area contributed by atoms with Gasteiger partial charge in [-0.25, -0.2) is 4.79 Å². The zero-order valence-corrected chi connectivity index (χ0v) is 12.7. The van der Waals surface area contributed by atoms with Gasteiger partial charge in [-0.05, 0) is 43.5 Å². The summed E-state index contributed by atoms with van der Waals surface area (Å²) < 4.78 is 0. The molecule has 0 heterocycles. The van der Waals surface area contributed by atoms with E-state index in [1.54, 1.807) is 12.1 Å². The van der Waals surface area contributed by atoms with Gasteiger partial charge in [0.15, 0.2) is 0 Å². The third kappa shape index (κ3) is 5.74. The first-order valence-electron chi connectivity index (χ1n) is 7.70. The Morgan fingerprint density at radius 2 is 2.05 bits per heavy atom. The Balaban J connectivity index is 2.35. The van der Waals surface area contributed by atoms with Crippen molar-refractivity contribution in [2.45, 2.75) is 46.0 Å². The molecule has 2 N–H and O–H groups in total. The molecular weight excluding hydrogens is 250 g/mol. The van der Waals surface area contributed by atoms with Crippen molar-refractivity contribution in [2.24, 2.45) is 5.92 Å². The molecule has 0 bridgehead atoms. The Morgan fingerprint density at radius 1 is 1.30 bits per heavy atom. The van der Waals surface area contributed by atoms with Crippen LogP contribution >= 0.6 is 0 Å². The van der Waals surface area contributed by atoms with Crippen LogP contribution in [0.5, 0.6) is 0 Å². The first-order chi connectivity index (χ1) is 9.69. The van der Waals surface area contributed by atoms with Gasteiger partial charge < -0.3 is 10.4 Å². The molecule has 1 aromatic carbocycles. The second-order valence-electron chi connectivity index (χ2n) is 5.33. The summed E-state index contributed by atoms with van der Waals surface area (Å²) in [5.41, 5.74) is 1.33. The number of hydrogen-bond acceptors (Lipinski definition) is 2. The Labute approximate surface area is 122 Å². The number of nitrogens with one attached hydrogen (secondary N) is 1. The molecule has 0 amide bonds. The van der Waals surface area contributed by atoms with Crippen LogP contribution in [0.4, 0.5) is 0 Å². The Kier molecular flexibility index (Phi) is 7.97. The summed E-state index contributed by atoms with van der Waals surface area (Å²) in [6, 6.07) is 7.25. The summed E-state index contributed by atoms with van der Waals surface area (Å²) in [4.78, 5) is 11.1. The van der Waals surface area contributed by atoms with Crippen molar-refractivity contribution in [3.63, 3.8) is 0 Å². The molecule has 0 saturated heterocycles. The van der Waals surface area contributed by atoms with Gasteiger partial charge in [-0.3, -0.25) is 0 Å². The molecular formula is C17H27NO2.